The van der Waals surface area contributed by atoms with E-state index in [4.69, 9.17) is 11.6 Å². The third-order valence-corrected chi connectivity index (χ3v) is 3.56. The second-order valence-electron chi connectivity index (χ2n) is 4.87. The van der Waals surface area contributed by atoms with Crippen LogP contribution in [0.4, 0.5) is 11.4 Å². The Morgan fingerprint density at radius 3 is 2.52 bits per heavy atom. The molecule has 2 aromatic carbocycles. The van der Waals surface area contributed by atoms with E-state index in [-0.39, 0.29) is 35.1 Å². The molecule has 0 spiro atoms. The molecule has 2 aromatic rings. The monoisotopic (exact) mass is 334 g/mol. The van der Waals surface area contributed by atoms with E-state index in [0.717, 1.165) is 0 Å². The van der Waals surface area contributed by atoms with Crippen molar-refractivity contribution >= 4 is 28.8 Å². The summed E-state index contributed by atoms with van der Waals surface area (Å²) in [5.41, 5.74) is 0.684. The minimum Gasteiger partial charge on any atom is -0.390 e. The highest BCUT2D eigenvalue weighted by Crippen LogP contribution is 2.26. The smallest absolute Gasteiger partial charge is 0.293 e. The summed E-state index contributed by atoms with van der Waals surface area (Å²) < 4.78 is 0. The number of carbonyl (C=O) groups is 1. The number of hydrogen-bond acceptors (Lipinski definition) is 5. The van der Waals surface area contributed by atoms with Crippen molar-refractivity contribution in [2.24, 2.45) is 0 Å². The minimum absolute atomic E-state index is 0.0192. The van der Waals surface area contributed by atoms with Gasteiger partial charge in [0, 0.05) is 23.7 Å². The Balaban J connectivity index is 2.29. The predicted octanol–water partition coefficient (Wildman–Crippen LogP) is 2.84. The van der Waals surface area contributed by atoms with Gasteiger partial charge in [-0.25, -0.2) is 0 Å². The van der Waals surface area contributed by atoms with E-state index >= 15 is 0 Å². The van der Waals surface area contributed by atoms with Crippen LogP contribution in [-0.2, 0) is 0 Å². The van der Waals surface area contributed by atoms with Crippen LogP contribution in [0.2, 0.25) is 0 Å². The lowest BCUT2D eigenvalue weighted by molar-refractivity contribution is -0.384. The molecule has 0 aromatic heterocycles. The second kappa shape index (κ2) is 7.71. The van der Waals surface area contributed by atoms with Gasteiger partial charge in [-0.2, -0.15) is 0 Å². The Morgan fingerprint density at radius 2 is 1.91 bits per heavy atom. The predicted molar refractivity (Wildman–Crippen MR) is 88.2 cm³/mol. The fourth-order valence-corrected chi connectivity index (χ4v) is 2.12. The molecule has 2 N–H and O–H groups in total. The molecular weight excluding hydrogens is 320 g/mol. The van der Waals surface area contributed by atoms with E-state index in [0.29, 0.717) is 5.56 Å². The first-order valence-corrected chi connectivity index (χ1v) is 7.42. The van der Waals surface area contributed by atoms with Gasteiger partial charge in [0.05, 0.1) is 16.9 Å². The van der Waals surface area contributed by atoms with Crippen molar-refractivity contribution < 1.29 is 14.8 Å². The van der Waals surface area contributed by atoms with Gasteiger partial charge in [0.2, 0.25) is 0 Å². The molecule has 0 amide bonds. The maximum absolute atomic E-state index is 12.3. The highest BCUT2D eigenvalue weighted by atomic mass is 35.5. The molecule has 0 bridgehead atoms. The number of nitrogens with one attached hydrogen (secondary N) is 1. The molecule has 7 heteroatoms. The summed E-state index contributed by atoms with van der Waals surface area (Å²) in [5.74, 6) is -0.271. The number of carbonyl (C=O) groups excluding carboxylic acids is 1. The second-order valence-corrected chi connectivity index (χ2v) is 5.18. The van der Waals surface area contributed by atoms with Crippen molar-refractivity contribution in [2.45, 2.75) is 6.10 Å². The first-order chi connectivity index (χ1) is 11.0. The van der Waals surface area contributed by atoms with E-state index in [2.05, 4.69) is 5.32 Å². The molecule has 6 nitrogen and oxygen atoms in total. The number of ketones is 1. The largest absolute Gasteiger partial charge is 0.390 e. The zero-order valence-electron chi connectivity index (χ0n) is 12.1. The van der Waals surface area contributed by atoms with E-state index in [1.165, 1.54) is 18.2 Å². The van der Waals surface area contributed by atoms with Gasteiger partial charge in [-0.3, -0.25) is 14.9 Å². The van der Waals surface area contributed by atoms with Gasteiger partial charge in [-0.15, -0.1) is 11.6 Å². The third kappa shape index (κ3) is 4.28. The van der Waals surface area contributed by atoms with Gasteiger partial charge in [-0.05, 0) is 12.1 Å². The molecule has 2 rings (SSSR count). The molecule has 0 saturated carbocycles. The number of benzene rings is 2. The third-order valence-electron chi connectivity index (χ3n) is 3.20. The molecule has 120 valence electrons. The SMILES string of the molecule is O=C(c1ccccc1)c1ccc(NCC(O)CCl)c([N+](=O)[O-])c1. The fourth-order valence-electron chi connectivity index (χ4n) is 2.01. The summed E-state index contributed by atoms with van der Waals surface area (Å²) in [7, 11) is 0. The summed E-state index contributed by atoms with van der Waals surface area (Å²) in [6, 6.07) is 12.7. The number of alkyl halides is 1. The summed E-state index contributed by atoms with van der Waals surface area (Å²) in [4.78, 5) is 23.0. The maximum atomic E-state index is 12.3. The van der Waals surface area contributed by atoms with Gasteiger partial charge in [-0.1, -0.05) is 30.3 Å². The average molecular weight is 335 g/mol. The molecule has 1 atom stereocenters. The molecule has 0 saturated heterocycles. The number of nitro groups is 1. The summed E-state index contributed by atoms with van der Waals surface area (Å²) in [6.07, 6.45) is -0.818. The Kier molecular flexibility index (Phi) is 5.67. The number of anilines is 1. The molecule has 0 aliphatic heterocycles. The van der Waals surface area contributed by atoms with Crippen LogP contribution in [0.15, 0.2) is 48.5 Å². The Bertz CT molecular complexity index is 706. The zero-order chi connectivity index (χ0) is 16.8. The average Bonchev–Trinajstić information content (AvgIpc) is 2.59. The molecule has 0 aliphatic rings. The van der Waals surface area contributed by atoms with Crippen molar-refractivity contribution in [3.63, 3.8) is 0 Å². The van der Waals surface area contributed by atoms with Gasteiger partial charge >= 0.3 is 0 Å². The lowest BCUT2D eigenvalue weighted by atomic mass is 10.0. The lowest BCUT2D eigenvalue weighted by Crippen LogP contribution is -2.21. The van der Waals surface area contributed by atoms with Crippen LogP contribution in [0.1, 0.15) is 15.9 Å². The Morgan fingerprint density at radius 1 is 1.22 bits per heavy atom. The van der Waals surface area contributed by atoms with Crippen LogP contribution in [0.25, 0.3) is 0 Å². The molecule has 0 radical (unpaired) electrons. The molecule has 0 aliphatic carbocycles. The highest BCUT2D eigenvalue weighted by molar-refractivity contribution is 6.18. The van der Waals surface area contributed by atoms with Gasteiger partial charge in [0.25, 0.3) is 5.69 Å². The summed E-state index contributed by atoms with van der Waals surface area (Å²) in [5, 5.41) is 23.4. The Labute approximate surface area is 137 Å². The van der Waals surface area contributed by atoms with E-state index < -0.39 is 11.0 Å². The Hall–Kier alpha value is -2.44. The molecule has 23 heavy (non-hydrogen) atoms. The van der Waals surface area contributed by atoms with Crippen molar-refractivity contribution in [3.8, 4) is 0 Å². The molecular formula is C16H15ClN2O4. The van der Waals surface area contributed by atoms with Crippen molar-refractivity contribution in [1.29, 1.82) is 0 Å². The highest BCUT2D eigenvalue weighted by Gasteiger charge is 2.18. The minimum atomic E-state index is -0.818. The topological polar surface area (TPSA) is 92.5 Å². The van der Waals surface area contributed by atoms with Crippen LogP contribution in [0.3, 0.4) is 0 Å². The number of rotatable bonds is 7. The summed E-state index contributed by atoms with van der Waals surface area (Å²) in [6.45, 7) is 0.0797. The molecule has 0 fully saturated rings. The number of hydrogen-bond donors (Lipinski definition) is 2. The maximum Gasteiger partial charge on any atom is 0.293 e. The first-order valence-electron chi connectivity index (χ1n) is 6.89. The van der Waals surface area contributed by atoms with Crippen LogP contribution >= 0.6 is 11.6 Å². The number of nitrogens with zero attached hydrogens (tertiary/aromatic N) is 1. The van der Waals surface area contributed by atoms with Crippen LogP contribution in [0.5, 0.6) is 0 Å². The zero-order valence-corrected chi connectivity index (χ0v) is 12.9. The number of halogens is 1. The van der Waals surface area contributed by atoms with Gasteiger partial charge in [0.15, 0.2) is 5.78 Å². The van der Waals surface area contributed by atoms with Crippen LogP contribution in [0, 0.1) is 10.1 Å². The van der Waals surface area contributed by atoms with E-state index in [9.17, 15) is 20.0 Å². The van der Waals surface area contributed by atoms with Crippen LogP contribution < -0.4 is 5.32 Å². The van der Waals surface area contributed by atoms with E-state index in [1.807, 2.05) is 0 Å². The molecule has 1 unspecified atom stereocenters. The normalized spacial score (nSPS) is 11.7. The standard InChI is InChI=1S/C16H15ClN2O4/c17-9-13(20)10-18-14-7-6-12(8-15(14)19(22)23)16(21)11-4-2-1-3-5-11/h1-8,13,18,20H,9-10H2. The fraction of sp³-hybridized carbons (Fsp3) is 0.188. The van der Waals surface area contributed by atoms with Gasteiger partial charge < -0.3 is 10.4 Å². The molecule has 0 heterocycles. The number of nitro benzene ring substituents is 1. The van der Waals surface area contributed by atoms with Gasteiger partial charge in [0.1, 0.15) is 5.69 Å². The van der Waals surface area contributed by atoms with E-state index in [1.54, 1.807) is 30.3 Å². The summed E-state index contributed by atoms with van der Waals surface area (Å²) >= 11 is 5.49. The van der Waals surface area contributed by atoms with Crippen molar-refractivity contribution in [2.75, 3.05) is 17.7 Å². The van der Waals surface area contributed by atoms with Crippen molar-refractivity contribution in [1.82, 2.24) is 0 Å². The number of aliphatic hydroxyl groups is 1. The van der Waals surface area contributed by atoms with Crippen LogP contribution in [-0.4, -0.2) is 34.3 Å². The number of aliphatic hydroxyl groups excluding tert-OH is 1. The quantitative estimate of drug-likeness (QED) is 0.351. The van der Waals surface area contributed by atoms with Crippen molar-refractivity contribution in [3.05, 3.63) is 69.8 Å². The first kappa shape index (κ1) is 16.9. The lowest BCUT2D eigenvalue weighted by Gasteiger charge is -2.11.